The maximum Gasteiger partial charge on any atom is 0.157 e. The number of ether oxygens (including phenoxy) is 1. The lowest BCUT2D eigenvalue weighted by Gasteiger charge is -2.26. The molecule has 0 amide bonds. The average Bonchev–Trinajstić information content (AvgIpc) is 2.34. The summed E-state index contributed by atoms with van der Waals surface area (Å²) >= 11 is 1.84. The van der Waals surface area contributed by atoms with Crippen LogP contribution >= 0.6 is 11.8 Å². The quantitative estimate of drug-likeness (QED) is 0.795. The van der Waals surface area contributed by atoms with E-state index in [1.165, 1.54) is 12.2 Å². The van der Waals surface area contributed by atoms with Gasteiger partial charge in [-0.2, -0.15) is 0 Å². The first-order chi connectivity index (χ1) is 8.17. The molecule has 1 heterocycles. The second-order valence-corrected chi connectivity index (χ2v) is 5.87. The number of nitrogens with one attached hydrogen (secondary N) is 1. The molecule has 0 radical (unpaired) electrons. The largest absolute Gasteiger partial charge is 0.380 e. The number of hydrogen-bond donors (Lipinski definition) is 1. The number of nitrogens with zero attached hydrogens (tertiary/aromatic N) is 1. The first-order valence-electron chi connectivity index (χ1n) is 6.72. The first-order valence-corrected chi connectivity index (χ1v) is 7.70. The van der Waals surface area contributed by atoms with E-state index in [0.717, 1.165) is 24.8 Å². The van der Waals surface area contributed by atoms with E-state index >= 15 is 0 Å². The van der Waals surface area contributed by atoms with Gasteiger partial charge in [0.1, 0.15) is 0 Å². The van der Waals surface area contributed by atoms with Gasteiger partial charge >= 0.3 is 0 Å². The van der Waals surface area contributed by atoms with E-state index in [1.807, 2.05) is 18.7 Å². The van der Waals surface area contributed by atoms with Crippen LogP contribution in [0.2, 0.25) is 0 Å². The Labute approximate surface area is 110 Å². The Balaban J connectivity index is 2.50. The third kappa shape index (κ3) is 5.30. The van der Waals surface area contributed by atoms with Crippen LogP contribution < -0.4 is 5.32 Å². The zero-order chi connectivity index (χ0) is 12.7. The second-order valence-electron chi connectivity index (χ2n) is 4.79. The minimum Gasteiger partial charge on any atom is -0.380 e. The van der Waals surface area contributed by atoms with Crippen LogP contribution in [0.25, 0.3) is 0 Å². The molecule has 2 atom stereocenters. The predicted octanol–water partition coefficient (Wildman–Crippen LogP) is 2.91. The van der Waals surface area contributed by atoms with Crippen molar-refractivity contribution in [2.75, 3.05) is 19.0 Å². The van der Waals surface area contributed by atoms with Crippen molar-refractivity contribution >= 4 is 16.9 Å². The Morgan fingerprint density at radius 3 is 2.82 bits per heavy atom. The summed E-state index contributed by atoms with van der Waals surface area (Å²) in [4.78, 5) is 4.74. The Morgan fingerprint density at radius 1 is 1.47 bits per heavy atom. The van der Waals surface area contributed by atoms with Gasteiger partial charge in [-0.15, -0.1) is 0 Å². The van der Waals surface area contributed by atoms with Crippen LogP contribution in [0.15, 0.2) is 4.99 Å². The monoisotopic (exact) mass is 258 g/mol. The highest BCUT2D eigenvalue weighted by Gasteiger charge is 2.19. The molecular weight excluding hydrogens is 232 g/mol. The van der Waals surface area contributed by atoms with Gasteiger partial charge in [0.2, 0.25) is 0 Å². The van der Waals surface area contributed by atoms with Gasteiger partial charge in [0.05, 0.1) is 18.7 Å². The van der Waals surface area contributed by atoms with Crippen LogP contribution in [-0.2, 0) is 4.74 Å². The molecule has 0 bridgehead atoms. The number of rotatable bonds is 6. The highest BCUT2D eigenvalue weighted by molar-refractivity contribution is 8.13. The summed E-state index contributed by atoms with van der Waals surface area (Å²) in [5, 5.41) is 4.65. The SMILES string of the molecule is CCOCC(NC1=NC(CC)CCS1)C(C)C. The normalized spacial score (nSPS) is 22.4. The Kier molecular flexibility index (Phi) is 6.97. The lowest BCUT2D eigenvalue weighted by molar-refractivity contribution is 0.115. The summed E-state index contributed by atoms with van der Waals surface area (Å²) in [6.45, 7) is 10.2. The molecule has 2 unspecified atom stereocenters. The summed E-state index contributed by atoms with van der Waals surface area (Å²) in [6.07, 6.45) is 2.35. The molecule has 1 rings (SSSR count). The van der Waals surface area contributed by atoms with Crippen molar-refractivity contribution in [1.82, 2.24) is 5.32 Å². The fourth-order valence-electron chi connectivity index (χ4n) is 1.74. The summed E-state index contributed by atoms with van der Waals surface area (Å²) in [5.74, 6) is 1.75. The zero-order valence-corrected chi connectivity index (χ0v) is 12.3. The molecule has 0 aromatic rings. The van der Waals surface area contributed by atoms with E-state index < -0.39 is 0 Å². The highest BCUT2D eigenvalue weighted by Crippen LogP contribution is 2.19. The molecule has 17 heavy (non-hydrogen) atoms. The molecular formula is C13H26N2OS. The number of hydrogen-bond acceptors (Lipinski definition) is 4. The molecule has 1 N–H and O–H groups in total. The number of thioether (sulfide) groups is 1. The fourth-order valence-corrected chi connectivity index (χ4v) is 2.78. The summed E-state index contributed by atoms with van der Waals surface area (Å²) in [5.41, 5.74) is 0. The van der Waals surface area contributed by atoms with E-state index in [2.05, 4.69) is 26.1 Å². The maximum atomic E-state index is 5.52. The smallest absolute Gasteiger partial charge is 0.157 e. The van der Waals surface area contributed by atoms with Crippen molar-refractivity contribution in [3.05, 3.63) is 0 Å². The molecule has 0 aromatic heterocycles. The third-order valence-corrected chi connectivity index (χ3v) is 4.01. The van der Waals surface area contributed by atoms with Crippen LogP contribution in [0.4, 0.5) is 0 Å². The molecule has 0 aliphatic carbocycles. The topological polar surface area (TPSA) is 33.6 Å². The highest BCUT2D eigenvalue weighted by atomic mass is 32.2. The minimum atomic E-state index is 0.372. The van der Waals surface area contributed by atoms with E-state index in [4.69, 9.17) is 9.73 Å². The Morgan fingerprint density at radius 2 is 2.24 bits per heavy atom. The van der Waals surface area contributed by atoms with Gasteiger partial charge in [-0.05, 0) is 25.7 Å². The van der Waals surface area contributed by atoms with Gasteiger partial charge in [0.15, 0.2) is 5.17 Å². The van der Waals surface area contributed by atoms with Gasteiger partial charge in [0, 0.05) is 12.4 Å². The molecule has 1 aliphatic rings. The second kappa shape index (κ2) is 7.98. The van der Waals surface area contributed by atoms with E-state index in [-0.39, 0.29) is 0 Å². The number of amidine groups is 1. The molecule has 0 spiro atoms. The van der Waals surface area contributed by atoms with Crippen LogP contribution in [-0.4, -0.2) is 36.2 Å². The summed E-state index contributed by atoms with van der Waals surface area (Å²) in [7, 11) is 0. The first kappa shape index (κ1) is 14.8. The molecule has 0 aromatic carbocycles. The fraction of sp³-hybridized carbons (Fsp3) is 0.923. The lowest BCUT2D eigenvalue weighted by Crippen LogP contribution is -2.42. The van der Waals surface area contributed by atoms with E-state index in [0.29, 0.717) is 18.0 Å². The van der Waals surface area contributed by atoms with E-state index in [9.17, 15) is 0 Å². The molecule has 100 valence electrons. The zero-order valence-electron chi connectivity index (χ0n) is 11.5. The van der Waals surface area contributed by atoms with Crippen molar-refractivity contribution in [2.24, 2.45) is 10.9 Å². The molecule has 0 fully saturated rings. The van der Waals surface area contributed by atoms with Crippen molar-refractivity contribution in [3.8, 4) is 0 Å². The third-order valence-electron chi connectivity index (χ3n) is 3.08. The molecule has 0 saturated carbocycles. The van der Waals surface area contributed by atoms with Crippen molar-refractivity contribution in [3.63, 3.8) is 0 Å². The molecule has 4 heteroatoms. The van der Waals surface area contributed by atoms with Crippen LogP contribution in [0.3, 0.4) is 0 Å². The lowest BCUT2D eigenvalue weighted by atomic mass is 10.1. The minimum absolute atomic E-state index is 0.372. The summed E-state index contributed by atoms with van der Waals surface area (Å²) in [6, 6.07) is 0.885. The van der Waals surface area contributed by atoms with Gasteiger partial charge in [-0.25, -0.2) is 0 Å². The average molecular weight is 258 g/mol. The van der Waals surface area contributed by atoms with Crippen molar-refractivity contribution in [2.45, 2.75) is 52.6 Å². The molecule has 1 aliphatic heterocycles. The van der Waals surface area contributed by atoms with Crippen molar-refractivity contribution in [1.29, 1.82) is 0 Å². The van der Waals surface area contributed by atoms with Crippen molar-refractivity contribution < 1.29 is 4.74 Å². The van der Waals surface area contributed by atoms with Crippen LogP contribution in [0, 0.1) is 5.92 Å². The van der Waals surface area contributed by atoms with Gasteiger partial charge < -0.3 is 10.1 Å². The standard InChI is InChI=1S/C13H26N2OS/c1-5-11-7-8-17-13(14-11)15-12(10(3)4)9-16-6-2/h10-12H,5-9H2,1-4H3,(H,14,15). The van der Waals surface area contributed by atoms with E-state index in [1.54, 1.807) is 0 Å². The van der Waals surface area contributed by atoms with Crippen LogP contribution in [0.1, 0.15) is 40.5 Å². The van der Waals surface area contributed by atoms with Gasteiger partial charge in [-0.1, -0.05) is 32.5 Å². The summed E-state index contributed by atoms with van der Waals surface area (Å²) < 4.78 is 5.52. The van der Waals surface area contributed by atoms with Gasteiger partial charge in [0.25, 0.3) is 0 Å². The molecule has 3 nitrogen and oxygen atoms in total. The van der Waals surface area contributed by atoms with Gasteiger partial charge in [-0.3, -0.25) is 4.99 Å². The predicted molar refractivity (Wildman–Crippen MR) is 76.8 cm³/mol. The van der Waals surface area contributed by atoms with Crippen LogP contribution in [0.5, 0.6) is 0 Å². The number of aliphatic imine (C=N–C) groups is 1. The molecule has 0 saturated heterocycles. The Bertz CT molecular complexity index is 244. The maximum absolute atomic E-state index is 5.52. The Hall–Kier alpha value is -0.220.